The lowest BCUT2D eigenvalue weighted by molar-refractivity contribution is 0.0212. The Morgan fingerprint density at radius 2 is 0.629 bits per heavy atom. The molecule has 21 rings (SSSR count). The molecule has 0 radical (unpaired) electrons. The Kier molecular flexibility index (Phi) is 28.7. The normalized spacial score (nSPS) is 22.2. The van der Waals surface area contributed by atoms with E-state index in [4.69, 9.17) is 23.7 Å². The molecule has 4 N–H and O–H groups in total. The Morgan fingerprint density at radius 1 is 0.350 bits per heavy atom. The maximum absolute atomic E-state index is 14.6. The summed E-state index contributed by atoms with van der Waals surface area (Å²) in [6, 6.07) is 53.6. The molecule has 13 aromatic rings. The van der Waals surface area contributed by atoms with E-state index < -0.39 is 47.7 Å². The molecule has 0 unspecified atom stereocenters. The molecule has 0 bridgehead atoms. The maximum Gasteiger partial charge on any atom is 0.165 e. The number of rotatable bonds is 23. The van der Waals surface area contributed by atoms with Crippen molar-refractivity contribution >= 4 is 24.3 Å². The van der Waals surface area contributed by atoms with E-state index in [2.05, 4.69) is 72.4 Å². The fourth-order valence-electron chi connectivity index (χ4n) is 23.0. The molecule has 8 aliphatic carbocycles. The fourth-order valence-corrected chi connectivity index (χ4v) is 23.0. The number of aliphatic hydroxyl groups is 4. The van der Waals surface area contributed by atoms with Gasteiger partial charge in [0.2, 0.25) is 0 Å². The van der Waals surface area contributed by atoms with Crippen LogP contribution in [0.1, 0.15) is 223 Å². The predicted octanol–water partition coefficient (Wildman–Crippen LogP) is 25.3. The van der Waals surface area contributed by atoms with Gasteiger partial charge in [0.1, 0.15) is 36.5 Å². The molecular formula is C115H118F8N8O9. The lowest BCUT2D eigenvalue weighted by atomic mass is 9.57. The van der Waals surface area contributed by atoms with Crippen LogP contribution in [0.4, 0.5) is 35.1 Å². The van der Waals surface area contributed by atoms with Gasteiger partial charge in [0.05, 0.1) is 114 Å². The molecule has 728 valence electrons. The Bertz CT molecular complexity index is 6750. The monoisotopic (exact) mass is 1910 g/mol. The van der Waals surface area contributed by atoms with Gasteiger partial charge in [-0.3, -0.25) is 0 Å². The fraction of sp³-hybridized carbons (Fsp3) is 0.357. The highest BCUT2D eigenvalue weighted by atomic mass is 19.2. The Balaban J connectivity index is 0.000000124. The van der Waals surface area contributed by atoms with Crippen LogP contribution in [0.2, 0.25) is 0 Å². The van der Waals surface area contributed by atoms with Crippen LogP contribution in [0.5, 0.6) is 23.0 Å². The van der Waals surface area contributed by atoms with E-state index in [-0.39, 0.29) is 111 Å². The highest BCUT2D eigenvalue weighted by molar-refractivity contribution is 5.66. The summed E-state index contributed by atoms with van der Waals surface area (Å²) in [7, 11) is 1.56. The van der Waals surface area contributed by atoms with Crippen LogP contribution in [0.3, 0.4) is 0 Å². The number of aliphatic hydroxyl groups excluding tert-OH is 4. The summed E-state index contributed by atoms with van der Waals surface area (Å²) in [6.45, 7) is 15.6. The summed E-state index contributed by atoms with van der Waals surface area (Å²) in [5, 5.41) is 64.5. The van der Waals surface area contributed by atoms with Gasteiger partial charge in [-0.2, -0.15) is 20.4 Å². The number of benzene rings is 9. The number of ether oxygens (including phenoxy) is 5. The second-order valence-corrected chi connectivity index (χ2v) is 39.6. The smallest absolute Gasteiger partial charge is 0.165 e. The molecule has 140 heavy (non-hydrogen) atoms. The van der Waals surface area contributed by atoms with E-state index in [1.54, 1.807) is 104 Å². The molecule has 25 heteroatoms. The van der Waals surface area contributed by atoms with Gasteiger partial charge in [-0.25, -0.2) is 53.9 Å². The first-order valence-corrected chi connectivity index (χ1v) is 48.6. The predicted molar refractivity (Wildman–Crippen MR) is 523 cm³/mol. The number of nitrogens with zero attached hydrogens (tertiary/aromatic N) is 8. The number of hydrogen-bond acceptors (Lipinski definition) is 13. The van der Waals surface area contributed by atoms with Crippen molar-refractivity contribution in [2.24, 2.45) is 45.3 Å². The number of methoxy groups -OCH3 is 1. The van der Waals surface area contributed by atoms with Crippen molar-refractivity contribution in [3.63, 3.8) is 0 Å². The zero-order chi connectivity index (χ0) is 98.1. The molecular weight excluding hydrogens is 1790 g/mol. The summed E-state index contributed by atoms with van der Waals surface area (Å²) >= 11 is 0. The number of halogens is 8. The first-order valence-electron chi connectivity index (χ1n) is 48.6. The Labute approximate surface area is 811 Å². The largest absolute Gasteiger partial charge is 0.491 e. The Hall–Kier alpha value is -12.8. The average Bonchev–Trinajstić information content (AvgIpc) is 1.44. The van der Waals surface area contributed by atoms with Gasteiger partial charge in [0, 0.05) is 7.11 Å². The second-order valence-electron chi connectivity index (χ2n) is 39.6. The van der Waals surface area contributed by atoms with Crippen molar-refractivity contribution in [3.05, 3.63) is 367 Å². The van der Waals surface area contributed by atoms with Crippen molar-refractivity contribution in [1.29, 1.82) is 0 Å². The molecule has 4 saturated carbocycles. The Morgan fingerprint density at radius 3 is 0.914 bits per heavy atom. The third-order valence-corrected chi connectivity index (χ3v) is 30.5. The van der Waals surface area contributed by atoms with E-state index in [0.717, 1.165) is 176 Å². The van der Waals surface area contributed by atoms with Gasteiger partial charge >= 0.3 is 0 Å². The van der Waals surface area contributed by atoms with Crippen LogP contribution in [-0.4, -0.2) is 92.6 Å². The zero-order valence-corrected chi connectivity index (χ0v) is 79.9. The molecule has 4 aromatic heterocycles. The van der Waals surface area contributed by atoms with E-state index in [0.29, 0.717) is 35.5 Å². The number of hydrogen-bond donors (Lipinski definition) is 4. The zero-order valence-electron chi connectivity index (χ0n) is 79.9. The van der Waals surface area contributed by atoms with E-state index in [9.17, 15) is 55.5 Å². The molecule has 4 fully saturated rings. The minimum Gasteiger partial charge on any atom is -0.491 e. The minimum atomic E-state index is -0.767. The maximum atomic E-state index is 14.6. The summed E-state index contributed by atoms with van der Waals surface area (Å²) in [5.74, 6) is -2.34. The van der Waals surface area contributed by atoms with Gasteiger partial charge in [0.15, 0.2) is 46.3 Å². The van der Waals surface area contributed by atoms with Crippen molar-refractivity contribution < 1.29 is 79.2 Å². The third-order valence-electron chi connectivity index (χ3n) is 30.5. The summed E-state index contributed by atoms with van der Waals surface area (Å²) in [4.78, 5) is 0. The SMILES string of the molecule is CC(C)Oc1cc([C@H](O)[C@H]2CCCC3=Cc4c(cnn4-c4ccc(F)cc4)C[C@@]32C)ccc1F.CCOc1cc([C@H](O)[C@H]2CCCC3=Cc4c(cnn4-c4ccc(F)cc4)C[C@@]32C)ccc1F.COCCOc1cc([C@H](O)[C@H]2CCCC3=Cc4c(cnn4-c4ccc(F)cc4)C[C@@]32C)ccc1F.C[C@]12Cc3cnn(-c4ccc(F)cc4)c3C=C1CCC[C@@H]2[C@@H](O)c1ccc(F)c(OCc2ccccc2)c1. The van der Waals surface area contributed by atoms with E-state index in [1.807, 2.05) is 94.6 Å². The van der Waals surface area contributed by atoms with Crippen molar-refractivity contribution in [3.8, 4) is 45.7 Å². The second kappa shape index (κ2) is 41.2. The van der Waals surface area contributed by atoms with Crippen LogP contribution in [0.25, 0.3) is 47.1 Å². The summed E-state index contributed by atoms with van der Waals surface area (Å²) < 4.78 is 146. The highest BCUT2D eigenvalue weighted by Gasteiger charge is 2.52. The first kappa shape index (κ1) is 97.4. The molecule has 0 aliphatic heterocycles. The van der Waals surface area contributed by atoms with Crippen molar-refractivity contribution in [1.82, 2.24) is 39.1 Å². The molecule has 8 aliphatic rings. The average molecular weight is 1910 g/mol. The number of fused-ring (bicyclic) bond motifs is 8. The van der Waals surface area contributed by atoms with Crippen LogP contribution in [-0.2, 0) is 37.0 Å². The third kappa shape index (κ3) is 19.8. The van der Waals surface area contributed by atoms with Crippen molar-refractivity contribution in [2.75, 3.05) is 26.9 Å². The number of allylic oxidation sites excluding steroid dienone is 4. The van der Waals surface area contributed by atoms with Crippen LogP contribution in [0, 0.1) is 91.9 Å². The van der Waals surface area contributed by atoms with Crippen molar-refractivity contribution in [2.45, 2.75) is 188 Å². The first-order chi connectivity index (χ1) is 67.5. The van der Waals surface area contributed by atoms with E-state index >= 15 is 0 Å². The molecule has 0 saturated heterocycles. The van der Waals surface area contributed by atoms with Gasteiger partial charge < -0.3 is 44.1 Å². The van der Waals surface area contributed by atoms with Crippen LogP contribution >= 0.6 is 0 Å². The highest BCUT2D eigenvalue weighted by Crippen LogP contribution is 2.60. The van der Waals surface area contributed by atoms with Gasteiger partial charge in [-0.15, -0.1) is 0 Å². The molecule has 0 spiro atoms. The summed E-state index contributed by atoms with van der Waals surface area (Å²) in [5.41, 5.74) is 19.5. The van der Waals surface area contributed by atoms with Crippen LogP contribution in [0.15, 0.2) is 247 Å². The lowest BCUT2D eigenvalue weighted by Gasteiger charge is -2.47. The van der Waals surface area contributed by atoms with Crippen LogP contribution < -0.4 is 18.9 Å². The molecule has 17 nitrogen and oxygen atoms in total. The molecule has 0 amide bonds. The van der Waals surface area contributed by atoms with Gasteiger partial charge in [-0.05, 0) is 389 Å². The summed E-state index contributed by atoms with van der Waals surface area (Å²) in [6.07, 6.45) is 27.3. The molecule has 9 aromatic carbocycles. The molecule has 12 atom stereocenters. The standard InChI is InChI=1S/C32H30F2N2O2.C28H30F2N2O3.C28H30F2N2O2.C27H28F2N2O2/c1-32-18-23-19-35-36(26-13-11-25(33)12-14-26)29(23)17-24(32)8-5-9-27(32)31(37)22-10-15-28(34)30(16-22)38-20-21-6-3-2-4-7-21;1-28-16-19-17-31-32(22-9-7-21(29)8-10-22)25(19)15-20(28)4-3-5-23(28)27(33)18-6-11-24(30)26(14-18)35-13-12-34-2;1-17(2)34-26-13-18(7-12-24(26)30)27(33)23-6-4-5-20-14-25-19(15-28(20,23)3)16-31-32(25)22-10-8-21(29)9-11-22;1-3-33-25-13-17(7-12-23(25)29)26(32)22-6-4-5-19-14-24-18(15-27(19,22)2)16-30-31(24)21-10-8-20(28)9-11-21/h2-4,6-7,10-17,19,27,31,37H,5,8-9,18,20H2,1H3;6-11,14-15,17,23,27,33H,3-5,12-13,16H2,1-2H3;7-14,16-17,23,27,33H,4-6,15H2,1-3H3;7-14,16,22,26,32H,3-6,15H2,1-2H3/t27-,31+,32+;2*23-,27+,28+;22-,26+,27+/m1111/s1. The van der Waals surface area contributed by atoms with Gasteiger partial charge in [0.25, 0.3) is 0 Å². The lowest BCUT2D eigenvalue weighted by Crippen LogP contribution is -2.40. The quantitative estimate of drug-likeness (QED) is 0.0349. The van der Waals surface area contributed by atoms with Gasteiger partial charge in [-0.1, -0.05) is 105 Å². The topological polar surface area (TPSA) is 198 Å². The van der Waals surface area contributed by atoms with E-state index in [1.165, 1.54) is 95.1 Å². The minimum absolute atomic E-state index is 0.0141. The number of aromatic nitrogens is 8. The molecule has 4 heterocycles.